The van der Waals surface area contributed by atoms with Crippen LogP contribution in [-0.2, 0) is 4.74 Å². The minimum atomic E-state index is -0.649. The van der Waals surface area contributed by atoms with E-state index in [2.05, 4.69) is 15.5 Å². The topological polar surface area (TPSA) is 137 Å². The number of rotatable bonds is 6. The summed E-state index contributed by atoms with van der Waals surface area (Å²) in [5.41, 5.74) is 9.90. The number of aromatic hydroxyl groups is 1. The third kappa shape index (κ3) is 4.21. The van der Waals surface area contributed by atoms with Gasteiger partial charge >= 0.3 is 5.97 Å². The number of nitriles is 1. The smallest absolute Gasteiger partial charge is 0.343 e. The number of ether oxygens (including phenoxy) is 1. The maximum Gasteiger partial charge on any atom is 0.343 e. The van der Waals surface area contributed by atoms with Gasteiger partial charge in [-0.2, -0.15) is 10.4 Å². The van der Waals surface area contributed by atoms with Crippen molar-refractivity contribution in [3.63, 3.8) is 0 Å². The minimum absolute atomic E-state index is 0.0142. The van der Waals surface area contributed by atoms with Crippen molar-refractivity contribution in [2.75, 3.05) is 12.0 Å². The maximum absolute atomic E-state index is 11.9. The first-order valence-electron chi connectivity index (χ1n) is 7.83. The van der Waals surface area contributed by atoms with Gasteiger partial charge in [-0.15, -0.1) is 0 Å². The van der Waals surface area contributed by atoms with Crippen LogP contribution in [0.5, 0.6) is 5.75 Å². The Morgan fingerprint density at radius 2 is 2.15 bits per heavy atom. The van der Waals surface area contributed by atoms with E-state index in [9.17, 15) is 15.2 Å². The van der Waals surface area contributed by atoms with Crippen LogP contribution in [0, 0.1) is 18.3 Å². The predicted octanol–water partition coefficient (Wildman–Crippen LogP) is 2.50. The molecule has 8 heteroatoms. The van der Waals surface area contributed by atoms with Crippen LogP contribution in [0.3, 0.4) is 0 Å². The van der Waals surface area contributed by atoms with Crippen molar-refractivity contribution in [2.24, 2.45) is 10.8 Å². The van der Waals surface area contributed by atoms with E-state index in [1.165, 1.54) is 6.08 Å². The highest BCUT2D eigenvalue weighted by Crippen LogP contribution is 2.28. The molecule has 0 saturated carbocycles. The molecule has 1 heterocycles. The molecule has 1 aromatic carbocycles. The predicted molar refractivity (Wildman–Crippen MR) is 98.4 cm³/mol. The lowest BCUT2D eigenvalue weighted by atomic mass is 10.2. The molecule has 26 heavy (non-hydrogen) atoms. The molecule has 5 N–H and O–H groups in total. The average molecular weight is 353 g/mol. The lowest BCUT2D eigenvalue weighted by Gasteiger charge is -2.02. The van der Waals surface area contributed by atoms with Gasteiger partial charge in [0.2, 0.25) is 0 Å². The van der Waals surface area contributed by atoms with Crippen LogP contribution >= 0.6 is 0 Å². The van der Waals surface area contributed by atoms with Gasteiger partial charge in [-0.05, 0) is 32.1 Å². The van der Waals surface area contributed by atoms with E-state index in [4.69, 9.17) is 10.5 Å². The Labute approximate surface area is 150 Å². The van der Waals surface area contributed by atoms with Crippen LogP contribution in [0.1, 0.15) is 28.7 Å². The van der Waals surface area contributed by atoms with Crippen molar-refractivity contribution in [1.82, 2.24) is 4.98 Å². The van der Waals surface area contributed by atoms with E-state index >= 15 is 0 Å². The van der Waals surface area contributed by atoms with E-state index in [-0.39, 0.29) is 35.0 Å². The van der Waals surface area contributed by atoms with E-state index in [0.717, 1.165) is 0 Å². The summed E-state index contributed by atoms with van der Waals surface area (Å²) in [6.07, 6.45) is 1.32. The van der Waals surface area contributed by atoms with Gasteiger partial charge in [0.1, 0.15) is 11.6 Å². The zero-order valence-corrected chi connectivity index (χ0v) is 14.4. The van der Waals surface area contributed by atoms with Gasteiger partial charge in [-0.1, -0.05) is 18.2 Å². The van der Waals surface area contributed by atoms with E-state index in [1.54, 1.807) is 26.0 Å². The summed E-state index contributed by atoms with van der Waals surface area (Å²) < 4.78 is 4.91. The molecule has 0 spiro atoms. The molecule has 0 bridgehead atoms. The number of carbonyl (C=O) groups excluding carboxylic acids is 1. The molecule has 0 radical (unpaired) electrons. The number of nitrogens with zero attached hydrogens (tertiary/aromatic N) is 2. The number of anilines is 1. The Morgan fingerprint density at radius 3 is 2.77 bits per heavy atom. The highest BCUT2D eigenvalue weighted by Gasteiger charge is 2.21. The number of amidine groups is 1. The number of nitrogens with one attached hydrogen (secondary N) is 2. The molecule has 0 aliphatic carbocycles. The molecular weight excluding hydrogens is 334 g/mol. The quantitative estimate of drug-likeness (QED) is 0.207. The van der Waals surface area contributed by atoms with Gasteiger partial charge in [-0.25, -0.2) is 4.79 Å². The first kappa shape index (κ1) is 18.6. The summed E-state index contributed by atoms with van der Waals surface area (Å²) in [6.45, 7) is 3.47. The summed E-state index contributed by atoms with van der Waals surface area (Å²) in [6, 6.07) is 11.0. The molecular formula is C18H19N5O3. The molecule has 0 aliphatic heterocycles. The van der Waals surface area contributed by atoms with Crippen LogP contribution in [0.25, 0.3) is 6.08 Å². The van der Waals surface area contributed by atoms with Crippen LogP contribution < -0.4 is 11.2 Å². The first-order chi connectivity index (χ1) is 12.5. The molecule has 0 amide bonds. The molecule has 2 rings (SSSR count). The normalized spacial score (nSPS) is 11.7. The van der Waals surface area contributed by atoms with Gasteiger partial charge in [0.25, 0.3) is 0 Å². The SMILES string of the molecule is CCOC(=O)c1c(C)[nH]c(C=C(C#N)C(N)=NNc2ccccc2)c1O. The molecule has 0 unspecified atom stereocenters. The molecule has 0 saturated heterocycles. The standard InChI is InChI=1S/C18H19N5O3/c1-3-26-18(25)15-11(2)21-14(16(15)24)9-12(10-19)17(20)23-22-13-7-5-4-6-8-13/h4-9,21-22,24H,3H2,1-2H3,(H2,20,23). The van der Waals surface area contributed by atoms with Gasteiger partial charge in [0.15, 0.2) is 11.6 Å². The second-order valence-corrected chi connectivity index (χ2v) is 5.25. The number of para-hydroxylation sites is 1. The number of aromatic nitrogens is 1. The fourth-order valence-corrected chi connectivity index (χ4v) is 2.20. The highest BCUT2D eigenvalue weighted by molar-refractivity contribution is 6.05. The number of carbonyl (C=O) groups is 1. The second-order valence-electron chi connectivity index (χ2n) is 5.25. The number of hydrazone groups is 1. The Bertz CT molecular complexity index is 892. The molecule has 1 aromatic heterocycles. The van der Waals surface area contributed by atoms with E-state index < -0.39 is 5.97 Å². The fraction of sp³-hybridized carbons (Fsp3) is 0.167. The number of H-pyrrole nitrogens is 1. The van der Waals surface area contributed by atoms with Crippen molar-refractivity contribution in [1.29, 1.82) is 5.26 Å². The molecule has 134 valence electrons. The lowest BCUT2D eigenvalue weighted by molar-refractivity contribution is 0.0522. The van der Waals surface area contributed by atoms with Gasteiger partial charge in [0, 0.05) is 5.69 Å². The van der Waals surface area contributed by atoms with Gasteiger partial charge < -0.3 is 20.6 Å². The van der Waals surface area contributed by atoms with Crippen molar-refractivity contribution in [2.45, 2.75) is 13.8 Å². The molecule has 0 aliphatic rings. The lowest BCUT2D eigenvalue weighted by Crippen LogP contribution is -2.16. The van der Waals surface area contributed by atoms with Crippen molar-refractivity contribution < 1.29 is 14.6 Å². The van der Waals surface area contributed by atoms with Crippen LogP contribution in [0.2, 0.25) is 0 Å². The van der Waals surface area contributed by atoms with Crippen molar-refractivity contribution in [3.8, 4) is 11.8 Å². The number of esters is 1. The number of hydrogen-bond acceptors (Lipinski definition) is 6. The average Bonchev–Trinajstić information content (AvgIpc) is 2.92. The fourth-order valence-electron chi connectivity index (χ4n) is 2.20. The molecule has 0 atom stereocenters. The van der Waals surface area contributed by atoms with E-state index in [0.29, 0.717) is 11.4 Å². The van der Waals surface area contributed by atoms with Gasteiger partial charge in [-0.3, -0.25) is 5.43 Å². The highest BCUT2D eigenvalue weighted by atomic mass is 16.5. The number of aryl methyl sites for hydroxylation is 1. The Morgan fingerprint density at radius 1 is 1.46 bits per heavy atom. The van der Waals surface area contributed by atoms with Crippen LogP contribution in [0.4, 0.5) is 5.69 Å². The Kier molecular flexibility index (Phi) is 6.01. The molecule has 8 nitrogen and oxygen atoms in total. The third-order valence-electron chi connectivity index (χ3n) is 3.43. The monoisotopic (exact) mass is 353 g/mol. The number of aromatic amines is 1. The molecule has 2 aromatic rings. The van der Waals surface area contributed by atoms with Crippen LogP contribution in [0.15, 0.2) is 41.0 Å². The summed E-state index contributed by atoms with van der Waals surface area (Å²) in [5, 5.41) is 23.5. The van der Waals surface area contributed by atoms with E-state index in [1.807, 2.05) is 24.3 Å². The summed E-state index contributed by atoms with van der Waals surface area (Å²) >= 11 is 0. The number of hydrogen-bond donors (Lipinski definition) is 4. The summed E-state index contributed by atoms with van der Waals surface area (Å²) in [5.74, 6) is -1.03. The number of benzene rings is 1. The Hall–Kier alpha value is -3.73. The minimum Gasteiger partial charge on any atom is -0.505 e. The maximum atomic E-state index is 11.9. The summed E-state index contributed by atoms with van der Waals surface area (Å²) in [7, 11) is 0. The third-order valence-corrected chi connectivity index (χ3v) is 3.43. The second kappa shape index (κ2) is 8.39. The summed E-state index contributed by atoms with van der Waals surface area (Å²) in [4.78, 5) is 14.7. The van der Waals surface area contributed by atoms with Crippen LogP contribution in [-0.4, -0.2) is 28.5 Å². The largest absolute Gasteiger partial charge is 0.505 e. The van der Waals surface area contributed by atoms with Gasteiger partial charge in [0.05, 0.1) is 23.6 Å². The Balaban J connectivity index is 2.30. The number of nitrogens with two attached hydrogens (primary N) is 1. The molecule has 0 fully saturated rings. The zero-order chi connectivity index (χ0) is 19.1. The van der Waals surface area contributed by atoms with Crippen molar-refractivity contribution >= 4 is 23.6 Å². The first-order valence-corrected chi connectivity index (χ1v) is 7.83. The van der Waals surface area contributed by atoms with Crippen molar-refractivity contribution in [3.05, 3.63) is 52.9 Å². The zero-order valence-electron chi connectivity index (χ0n) is 14.4.